The molecule has 0 spiro atoms. The molecule has 1 aliphatic rings. The zero-order valence-corrected chi connectivity index (χ0v) is 12.1. The van der Waals surface area contributed by atoms with Gasteiger partial charge >= 0.3 is 11.8 Å². The fraction of sp³-hybridized carbons (Fsp3) is 0.273. The zero-order valence-electron chi connectivity index (χ0n) is 10.5. The average Bonchev–Trinajstić information content (AvgIpc) is 3.23. The first kappa shape index (κ1) is 15.7. The van der Waals surface area contributed by atoms with Crippen molar-refractivity contribution in [2.45, 2.75) is 23.8 Å². The minimum absolute atomic E-state index is 0.0317. The van der Waals surface area contributed by atoms with Crippen LogP contribution in [0.5, 0.6) is 0 Å². The number of carbonyl (C=O) groups is 2. The van der Waals surface area contributed by atoms with Crippen molar-refractivity contribution in [3.8, 4) is 0 Å². The van der Waals surface area contributed by atoms with E-state index in [-0.39, 0.29) is 16.0 Å². The Labute approximate surface area is 124 Å². The third-order valence-electron chi connectivity index (χ3n) is 2.62. The van der Waals surface area contributed by atoms with Gasteiger partial charge in [0.1, 0.15) is 5.82 Å². The third-order valence-corrected chi connectivity index (χ3v) is 4.15. The first-order chi connectivity index (χ1) is 9.79. The van der Waals surface area contributed by atoms with Gasteiger partial charge in [0.2, 0.25) is 0 Å². The number of rotatable bonds is 4. The molecule has 0 radical (unpaired) electrons. The minimum Gasteiger partial charge on any atom is -0.345 e. The lowest BCUT2D eigenvalue weighted by Crippen LogP contribution is -2.48. The number of carbonyl (C=O) groups excluding carboxylic acids is 2. The number of amides is 2. The maximum Gasteiger partial charge on any atom is 0.324 e. The molecule has 0 aromatic heterocycles. The Morgan fingerprint density at radius 1 is 1.24 bits per heavy atom. The number of halogens is 2. The first-order valence-electron chi connectivity index (χ1n) is 5.87. The third kappa shape index (κ3) is 4.13. The summed E-state index contributed by atoms with van der Waals surface area (Å²) < 4.78 is 36.6. The molecule has 2 amide bonds. The first-order valence-corrected chi connectivity index (χ1v) is 7.73. The standard InChI is InChI=1S/C11H11ClFN3O4S/c12-8-5-7(3-4-9(8)13)21(19,20)16-15-11(18)10(17)14-6-1-2-6/h3-6,16H,1-2H2,(H,14,17)(H,15,18). The van der Waals surface area contributed by atoms with E-state index in [9.17, 15) is 22.4 Å². The molecule has 1 saturated carbocycles. The SMILES string of the molecule is O=C(NNS(=O)(=O)c1ccc(F)c(Cl)c1)C(=O)NC1CC1. The molecular weight excluding hydrogens is 325 g/mol. The van der Waals surface area contributed by atoms with Crippen molar-refractivity contribution in [2.24, 2.45) is 0 Å². The van der Waals surface area contributed by atoms with Crippen LogP contribution in [0.4, 0.5) is 4.39 Å². The molecule has 0 aliphatic heterocycles. The van der Waals surface area contributed by atoms with Gasteiger partial charge in [0.05, 0.1) is 9.92 Å². The van der Waals surface area contributed by atoms with E-state index >= 15 is 0 Å². The lowest BCUT2D eigenvalue weighted by Gasteiger charge is -2.08. The molecule has 0 heterocycles. The zero-order chi connectivity index (χ0) is 15.6. The van der Waals surface area contributed by atoms with Crippen LogP contribution in [-0.2, 0) is 19.6 Å². The Morgan fingerprint density at radius 3 is 2.48 bits per heavy atom. The van der Waals surface area contributed by atoms with Crippen LogP contribution in [0.25, 0.3) is 0 Å². The molecule has 7 nitrogen and oxygen atoms in total. The van der Waals surface area contributed by atoms with Gasteiger partial charge in [-0.1, -0.05) is 11.6 Å². The van der Waals surface area contributed by atoms with Crippen LogP contribution in [0, 0.1) is 5.82 Å². The van der Waals surface area contributed by atoms with Gasteiger partial charge in [-0.15, -0.1) is 4.83 Å². The molecule has 21 heavy (non-hydrogen) atoms. The summed E-state index contributed by atoms with van der Waals surface area (Å²) in [5.41, 5.74) is 1.76. The molecule has 0 unspecified atom stereocenters. The van der Waals surface area contributed by atoms with Gasteiger partial charge in [0.15, 0.2) is 0 Å². The van der Waals surface area contributed by atoms with E-state index in [0.717, 1.165) is 31.0 Å². The van der Waals surface area contributed by atoms with Crippen LogP contribution in [0.1, 0.15) is 12.8 Å². The highest BCUT2D eigenvalue weighted by Crippen LogP contribution is 2.19. The van der Waals surface area contributed by atoms with Gasteiger partial charge in [-0.3, -0.25) is 15.0 Å². The second kappa shape index (κ2) is 5.96. The number of hydrogen-bond donors (Lipinski definition) is 3. The summed E-state index contributed by atoms with van der Waals surface area (Å²) in [6.45, 7) is 0. The number of hydrogen-bond acceptors (Lipinski definition) is 4. The molecule has 1 aliphatic carbocycles. The fourth-order valence-electron chi connectivity index (χ4n) is 1.35. The van der Waals surface area contributed by atoms with E-state index in [1.54, 1.807) is 10.3 Å². The lowest BCUT2D eigenvalue weighted by molar-refractivity contribution is -0.139. The summed E-state index contributed by atoms with van der Waals surface area (Å²) in [7, 11) is -4.15. The lowest BCUT2D eigenvalue weighted by atomic mass is 10.3. The number of nitrogens with one attached hydrogen (secondary N) is 3. The number of sulfonamides is 1. The Balaban J connectivity index is 1.98. The van der Waals surface area contributed by atoms with Crippen molar-refractivity contribution < 1.29 is 22.4 Å². The van der Waals surface area contributed by atoms with Gasteiger partial charge < -0.3 is 5.32 Å². The van der Waals surface area contributed by atoms with E-state index in [1.165, 1.54) is 0 Å². The minimum atomic E-state index is -4.15. The van der Waals surface area contributed by atoms with Crippen molar-refractivity contribution in [2.75, 3.05) is 0 Å². The normalized spacial score (nSPS) is 14.6. The Kier molecular flexibility index (Phi) is 4.45. The maximum absolute atomic E-state index is 13.0. The maximum atomic E-state index is 13.0. The van der Waals surface area contributed by atoms with E-state index < -0.39 is 27.7 Å². The summed E-state index contributed by atoms with van der Waals surface area (Å²) in [4.78, 5) is 24.1. The molecule has 0 saturated heterocycles. The van der Waals surface area contributed by atoms with Gasteiger partial charge in [-0.25, -0.2) is 12.8 Å². The molecule has 0 bridgehead atoms. The Bertz CT molecular complexity index is 691. The fourth-order valence-corrected chi connectivity index (χ4v) is 2.46. The summed E-state index contributed by atoms with van der Waals surface area (Å²) in [5.74, 6) is -2.85. The van der Waals surface area contributed by atoms with Crippen molar-refractivity contribution in [1.82, 2.24) is 15.6 Å². The van der Waals surface area contributed by atoms with Gasteiger partial charge in [-0.05, 0) is 31.0 Å². The molecule has 1 fully saturated rings. The molecule has 114 valence electrons. The Morgan fingerprint density at radius 2 is 1.90 bits per heavy atom. The van der Waals surface area contributed by atoms with Crippen molar-refractivity contribution in [3.05, 3.63) is 29.0 Å². The van der Waals surface area contributed by atoms with Gasteiger partial charge in [0.25, 0.3) is 10.0 Å². The second-order valence-electron chi connectivity index (χ2n) is 4.38. The number of benzene rings is 1. The van der Waals surface area contributed by atoms with Gasteiger partial charge in [0, 0.05) is 6.04 Å². The van der Waals surface area contributed by atoms with Gasteiger partial charge in [-0.2, -0.15) is 0 Å². The highest BCUT2D eigenvalue weighted by molar-refractivity contribution is 7.89. The quantitative estimate of drug-likeness (QED) is 0.535. The Hall–Kier alpha value is -1.71. The molecule has 0 atom stereocenters. The molecule has 1 aromatic carbocycles. The van der Waals surface area contributed by atoms with E-state index in [2.05, 4.69) is 5.32 Å². The molecule has 2 rings (SSSR count). The van der Waals surface area contributed by atoms with Crippen molar-refractivity contribution in [3.63, 3.8) is 0 Å². The second-order valence-corrected chi connectivity index (χ2v) is 6.47. The monoisotopic (exact) mass is 335 g/mol. The summed E-state index contributed by atoms with van der Waals surface area (Å²) in [5, 5.41) is 2.01. The van der Waals surface area contributed by atoms with E-state index in [1.807, 2.05) is 0 Å². The molecule has 3 N–H and O–H groups in total. The van der Waals surface area contributed by atoms with Crippen molar-refractivity contribution >= 4 is 33.4 Å². The summed E-state index contributed by atoms with van der Waals surface area (Å²) >= 11 is 5.48. The summed E-state index contributed by atoms with van der Waals surface area (Å²) in [6.07, 6.45) is 1.58. The average molecular weight is 336 g/mol. The van der Waals surface area contributed by atoms with Crippen molar-refractivity contribution in [1.29, 1.82) is 0 Å². The molecule has 10 heteroatoms. The predicted octanol–water partition coefficient (Wildman–Crippen LogP) is 0.0672. The van der Waals surface area contributed by atoms with Crippen LogP contribution in [0.2, 0.25) is 5.02 Å². The topological polar surface area (TPSA) is 104 Å². The van der Waals surface area contributed by atoms with Crippen LogP contribution in [0.3, 0.4) is 0 Å². The van der Waals surface area contributed by atoms with E-state index in [0.29, 0.717) is 0 Å². The van der Waals surface area contributed by atoms with Crippen LogP contribution < -0.4 is 15.6 Å². The predicted molar refractivity (Wildman–Crippen MR) is 71.0 cm³/mol. The largest absolute Gasteiger partial charge is 0.345 e. The smallest absolute Gasteiger partial charge is 0.324 e. The number of hydrazine groups is 1. The van der Waals surface area contributed by atoms with E-state index in [4.69, 9.17) is 11.6 Å². The molecule has 1 aromatic rings. The van der Waals surface area contributed by atoms with Crippen LogP contribution in [0.15, 0.2) is 23.1 Å². The summed E-state index contributed by atoms with van der Waals surface area (Å²) in [6, 6.07) is 2.70. The highest BCUT2D eigenvalue weighted by atomic mass is 35.5. The van der Waals surface area contributed by atoms with Crippen LogP contribution in [-0.4, -0.2) is 26.3 Å². The molecular formula is C11H11ClFN3O4S. The highest BCUT2D eigenvalue weighted by Gasteiger charge is 2.27. The van der Waals surface area contributed by atoms with Crippen LogP contribution >= 0.6 is 11.6 Å².